The second-order valence-electron chi connectivity index (χ2n) is 15.1. The highest BCUT2D eigenvalue weighted by atomic mass is 16.9. The molecule has 0 spiro atoms. The van der Waals surface area contributed by atoms with Gasteiger partial charge >= 0.3 is 11.9 Å². The SMILES string of the molecule is C=CCO[C@@H]1[C@H]2OC(C)(C)O[C@H]2O[C@@H]1c1nc(C(=O)OC(C)(C)C)n(CC(=O)OC(C)(C)C)c1[C@H]1O[C@@H]2OC(C)(C)O[C@@H]2[C@H]1OCC=C. The molecule has 0 radical (unpaired) electrons. The Morgan fingerprint density at radius 2 is 1.27 bits per heavy atom. The molecule has 14 heteroatoms. The second-order valence-corrected chi connectivity index (χ2v) is 15.1. The minimum Gasteiger partial charge on any atom is -0.459 e. The number of aromatic nitrogens is 2. The average molecular weight is 679 g/mol. The molecular formula is C34H50N2O12. The fourth-order valence-electron chi connectivity index (χ4n) is 6.26. The summed E-state index contributed by atoms with van der Waals surface area (Å²) < 4.78 is 63.0. The van der Waals surface area contributed by atoms with Gasteiger partial charge in [-0.1, -0.05) is 12.2 Å². The zero-order chi connectivity index (χ0) is 35.4. The largest absolute Gasteiger partial charge is 0.459 e. The first-order valence-electron chi connectivity index (χ1n) is 16.3. The van der Waals surface area contributed by atoms with Gasteiger partial charge < -0.3 is 51.9 Å². The Morgan fingerprint density at radius 3 is 1.75 bits per heavy atom. The second kappa shape index (κ2) is 13.2. The standard InChI is InChI=1S/C34H50N2O12/c1-13-15-39-23-21(41-29-25(23)44-33(9,10)47-29)19-20(22-24(40-16-14-2)26-30(42-22)48-34(11,12)45-26)36(17-18(37)43-31(3,4)5)27(35-19)28(38)46-32(6,7)8/h13-14,21-26,29-30H,1-2,15-17H2,3-12H3/t21-,22-,23+,24+,25-,26-,29-,30-/m1/s1. The van der Waals surface area contributed by atoms with Gasteiger partial charge in [-0.3, -0.25) is 4.79 Å². The predicted molar refractivity (Wildman–Crippen MR) is 168 cm³/mol. The molecule has 268 valence electrons. The van der Waals surface area contributed by atoms with Crippen LogP contribution in [0.1, 0.15) is 103 Å². The summed E-state index contributed by atoms with van der Waals surface area (Å²) in [5, 5.41) is 0. The van der Waals surface area contributed by atoms with Crippen molar-refractivity contribution in [2.45, 2.75) is 148 Å². The molecule has 4 fully saturated rings. The van der Waals surface area contributed by atoms with E-state index >= 15 is 0 Å². The average Bonchev–Trinajstić information content (AvgIpc) is 3.67. The van der Waals surface area contributed by atoms with Crippen LogP contribution in [0, 0.1) is 0 Å². The van der Waals surface area contributed by atoms with Crippen LogP contribution in [0.15, 0.2) is 25.3 Å². The number of imidazole rings is 1. The maximum Gasteiger partial charge on any atom is 0.375 e. The molecule has 0 bridgehead atoms. The summed E-state index contributed by atoms with van der Waals surface area (Å²) in [4.78, 5) is 32.2. The Morgan fingerprint density at radius 1 is 0.792 bits per heavy atom. The van der Waals surface area contributed by atoms with Gasteiger partial charge in [-0.05, 0) is 69.2 Å². The van der Waals surface area contributed by atoms with Gasteiger partial charge in [0.15, 0.2) is 24.2 Å². The van der Waals surface area contributed by atoms with Crippen LogP contribution in [0.2, 0.25) is 0 Å². The van der Waals surface area contributed by atoms with Crippen LogP contribution >= 0.6 is 0 Å². The zero-order valence-electron chi connectivity index (χ0n) is 29.6. The quantitative estimate of drug-likeness (QED) is 0.241. The minimum atomic E-state index is -0.973. The van der Waals surface area contributed by atoms with Crippen LogP contribution in [-0.4, -0.2) is 94.5 Å². The first-order valence-corrected chi connectivity index (χ1v) is 16.3. The van der Waals surface area contributed by atoms with Gasteiger partial charge in [-0.25, -0.2) is 9.78 Å². The molecule has 48 heavy (non-hydrogen) atoms. The van der Waals surface area contributed by atoms with Crippen molar-refractivity contribution in [3.05, 3.63) is 42.5 Å². The molecule has 4 saturated heterocycles. The van der Waals surface area contributed by atoms with Gasteiger partial charge in [0.1, 0.15) is 54.4 Å². The normalized spacial score (nSPS) is 32.1. The highest BCUT2D eigenvalue weighted by Gasteiger charge is 2.60. The van der Waals surface area contributed by atoms with Gasteiger partial charge in [-0.15, -0.1) is 13.2 Å². The third-order valence-electron chi connectivity index (χ3n) is 7.66. The molecule has 0 saturated carbocycles. The third kappa shape index (κ3) is 7.86. The lowest BCUT2D eigenvalue weighted by molar-refractivity contribution is -0.223. The van der Waals surface area contributed by atoms with Crippen LogP contribution in [0.3, 0.4) is 0 Å². The maximum atomic E-state index is 13.9. The van der Waals surface area contributed by atoms with Crippen LogP contribution in [0.25, 0.3) is 0 Å². The summed E-state index contributed by atoms with van der Waals surface area (Å²) in [7, 11) is 0. The number of hydrogen-bond donors (Lipinski definition) is 0. The van der Waals surface area contributed by atoms with E-state index in [9.17, 15) is 9.59 Å². The summed E-state index contributed by atoms with van der Waals surface area (Å²) in [5.74, 6) is -3.45. The highest BCUT2D eigenvalue weighted by Crippen LogP contribution is 2.50. The fraction of sp³-hybridized carbons (Fsp3) is 0.735. The van der Waals surface area contributed by atoms with Crippen molar-refractivity contribution in [3.8, 4) is 0 Å². The molecule has 8 atom stereocenters. The molecule has 0 aliphatic carbocycles. The lowest BCUT2D eigenvalue weighted by atomic mass is 10.00. The number of esters is 2. The summed E-state index contributed by atoms with van der Waals surface area (Å²) in [6, 6.07) is 0. The van der Waals surface area contributed by atoms with E-state index in [0.717, 1.165) is 0 Å². The van der Waals surface area contributed by atoms with Crippen LogP contribution < -0.4 is 0 Å². The van der Waals surface area contributed by atoms with Crippen molar-refractivity contribution >= 4 is 11.9 Å². The van der Waals surface area contributed by atoms with Crippen molar-refractivity contribution in [2.75, 3.05) is 13.2 Å². The number of rotatable bonds is 11. The number of carbonyl (C=O) groups excluding carboxylic acids is 2. The highest BCUT2D eigenvalue weighted by molar-refractivity contribution is 5.87. The topological polar surface area (TPSA) is 144 Å². The Hall–Kier alpha value is -2.69. The molecule has 0 amide bonds. The zero-order valence-corrected chi connectivity index (χ0v) is 29.6. The number of fused-ring (bicyclic) bond motifs is 2. The summed E-state index contributed by atoms with van der Waals surface area (Å²) in [5.41, 5.74) is -1.16. The number of hydrogen-bond acceptors (Lipinski definition) is 13. The van der Waals surface area contributed by atoms with Gasteiger partial charge in [0.25, 0.3) is 0 Å². The number of ether oxygens (including phenoxy) is 10. The van der Waals surface area contributed by atoms with Gasteiger partial charge in [0.05, 0.1) is 24.6 Å². The predicted octanol–water partition coefficient (Wildman–Crippen LogP) is 4.42. The van der Waals surface area contributed by atoms with Gasteiger partial charge in [0.2, 0.25) is 5.82 Å². The van der Waals surface area contributed by atoms with E-state index < -0.39 is 90.5 Å². The monoisotopic (exact) mass is 678 g/mol. The summed E-state index contributed by atoms with van der Waals surface area (Å²) in [6.45, 7) is 25.1. The Bertz CT molecular complexity index is 1390. The first-order chi connectivity index (χ1) is 22.2. The van der Waals surface area contributed by atoms with Crippen LogP contribution in [0.5, 0.6) is 0 Å². The van der Waals surface area contributed by atoms with E-state index in [0.29, 0.717) is 5.69 Å². The Balaban J connectivity index is 1.69. The van der Waals surface area contributed by atoms with Crippen LogP contribution in [-0.2, 0) is 58.7 Å². The van der Waals surface area contributed by atoms with Crippen molar-refractivity contribution in [1.29, 1.82) is 0 Å². The van der Waals surface area contributed by atoms with E-state index in [1.165, 1.54) is 4.57 Å². The van der Waals surface area contributed by atoms with E-state index in [1.807, 2.05) is 0 Å². The molecule has 5 rings (SSSR count). The first kappa shape index (κ1) is 36.6. The molecule has 4 aliphatic rings. The summed E-state index contributed by atoms with van der Waals surface area (Å²) >= 11 is 0. The lowest BCUT2D eigenvalue weighted by Gasteiger charge is -2.29. The molecule has 4 aliphatic heterocycles. The minimum absolute atomic E-state index is 0.151. The van der Waals surface area contributed by atoms with Crippen molar-refractivity contribution in [1.82, 2.24) is 9.55 Å². The van der Waals surface area contributed by atoms with Gasteiger partial charge in [-0.2, -0.15) is 0 Å². The Labute approximate surface area is 281 Å². The smallest absolute Gasteiger partial charge is 0.375 e. The molecule has 1 aromatic heterocycles. The molecule has 0 aromatic carbocycles. The summed E-state index contributed by atoms with van der Waals surface area (Å²) in [6.07, 6.45) is -3.24. The van der Waals surface area contributed by atoms with E-state index in [-0.39, 0.29) is 24.7 Å². The van der Waals surface area contributed by atoms with Crippen molar-refractivity contribution in [2.24, 2.45) is 0 Å². The van der Waals surface area contributed by atoms with Gasteiger partial charge in [0, 0.05) is 0 Å². The molecule has 0 unspecified atom stereocenters. The third-order valence-corrected chi connectivity index (χ3v) is 7.66. The van der Waals surface area contributed by atoms with Crippen LogP contribution in [0.4, 0.5) is 0 Å². The van der Waals surface area contributed by atoms with Crippen molar-refractivity contribution < 1.29 is 57.0 Å². The number of nitrogens with zero attached hydrogens (tertiary/aromatic N) is 2. The molecule has 5 heterocycles. The van der Waals surface area contributed by atoms with E-state index in [2.05, 4.69) is 13.2 Å². The Kier molecular flexibility index (Phi) is 10.1. The maximum absolute atomic E-state index is 13.9. The number of carbonyl (C=O) groups is 2. The lowest BCUT2D eigenvalue weighted by Crippen LogP contribution is -2.37. The molecular weight excluding hydrogens is 628 g/mol. The van der Waals surface area contributed by atoms with Crippen molar-refractivity contribution in [3.63, 3.8) is 0 Å². The molecule has 14 nitrogen and oxygen atoms in total. The fourth-order valence-corrected chi connectivity index (χ4v) is 6.26. The molecule has 0 N–H and O–H groups in total. The van der Waals surface area contributed by atoms with E-state index in [1.54, 1.807) is 81.4 Å². The molecule has 1 aromatic rings. The van der Waals surface area contributed by atoms with E-state index in [4.69, 9.17) is 52.4 Å².